The first-order valence-corrected chi connectivity index (χ1v) is 12.5. The van der Waals surface area contributed by atoms with E-state index in [0.29, 0.717) is 5.56 Å². The number of carboxylic acids is 1. The molecule has 3 aromatic rings. The number of aromatic nitrogens is 2. The van der Waals surface area contributed by atoms with Crippen molar-refractivity contribution in [1.82, 2.24) is 15.3 Å². The van der Waals surface area contributed by atoms with Crippen molar-refractivity contribution in [3.8, 4) is 12.1 Å². The maximum Gasteiger partial charge on any atom is 0.490 e. The molecule has 7 nitrogen and oxygen atoms in total. The molecule has 1 fully saturated rings. The van der Waals surface area contributed by atoms with Crippen LogP contribution in [0.4, 0.5) is 13.2 Å². The molecule has 0 bridgehead atoms. The number of alkyl halides is 3. The number of carbonyl (C=O) groups is 1. The molecule has 0 spiro atoms. The number of hydrogen-bond donors (Lipinski definition) is 3. The molecule has 2 aromatic carbocycles. The molecule has 3 unspecified atom stereocenters. The Morgan fingerprint density at radius 1 is 1.21 bits per heavy atom. The summed E-state index contributed by atoms with van der Waals surface area (Å²) in [6, 6.07) is 21.2. The number of piperidine rings is 1. The number of aliphatic carboxylic acids is 1. The molecule has 0 amide bonds. The van der Waals surface area contributed by atoms with Gasteiger partial charge in [-0.3, -0.25) is 0 Å². The molecule has 0 saturated carbocycles. The van der Waals surface area contributed by atoms with Crippen molar-refractivity contribution in [3.63, 3.8) is 0 Å². The summed E-state index contributed by atoms with van der Waals surface area (Å²) in [5.41, 5.74) is 5.09. The van der Waals surface area contributed by atoms with Gasteiger partial charge in [-0.1, -0.05) is 36.4 Å². The van der Waals surface area contributed by atoms with E-state index in [1.54, 1.807) is 6.33 Å². The molecule has 2 heterocycles. The number of imidazole rings is 1. The van der Waals surface area contributed by atoms with Crippen molar-refractivity contribution in [2.24, 2.45) is 11.3 Å². The highest BCUT2D eigenvalue weighted by Gasteiger charge is 2.42. The van der Waals surface area contributed by atoms with Gasteiger partial charge in [-0.2, -0.15) is 23.7 Å². The third-order valence-electron chi connectivity index (χ3n) is 7.25. The average molecular weight is 538 g/mol. The van der Waals surface area contributed by atoms with Crippen LogP contribution < -0.4 is 5.32 Å². The molecular formula is C29H30F3N5O2. The third-order valence-corrected chi connectivity index (χ3v) is 7.25. The Labute approximate surface area is 225 Å². The second-order valence-electron chi connectivity index (χ2n) is 9.78. The van der Waals surface area contributed by atoms with Crippen LogP contribution in [0.15, 0.2) is 61.1 Å². The minimum absolute atomic E-state index is 0.222. The van der Waals surface area contributed by atoms with E-state index in [-0.39, 0.29) is 17.3 Å². The lowest BCUT2D eigenvalue weighted by atomic mass is 9.64. The number of aromatic amines is 1. The molecule has 1 aliphatic rings. The fraction of sp³-hybridized carbons (Fsp3) is 0.379. The quantitative estimate of drug-likeness (QED) is 0.376. The molecule has 0 aliphatic carbocycles. The summed E-state index contributed by atoms with van der Waals surface area (Å²) in [6.45, 7) is 3.85. The summed E-state index contributed by atoms with van der Waals surface area (Å²) in [7, 11) is 0. The highest BCUT2D eigenvalue weighted by Crippen LogP contribution is 2.43. The van der Waals surface area contributed by atoms with Gasteiger partial charge in [0.15, 0.2) is 0 Å². The lowest BCUT2D eigenvalue weighted by Crippen LogP contribution is -2.46. The Bertz CT molecular complexity index is 1310. The van der Waals surface area contributed by atoms with Crippen molar-refractivity contribution in [3.05, 3.63) is 89.0 Å². The molecule has 3 N–H and O–H groups in total. The zero-order valence-electron chi connectivity index (χ0n) is 21.5. The number of nitrogens with zero attached hydrogens (tertiary/aromatic N) is 3. The Kier molecular flexibility index (Phi) is 9.86. The largest absolute Gasteiger partial charge is 0.490 e. The Balaban J connectivity index is 0.000000532. The number of rotatable bonds is 7. The normalized spacial score (nSPS) is 19.6. The summed E-state index contributed by atoms with van der Waals surface area (Å²) in [4.78, 5) is 16.5. The Hall–Kier alpha value is -4.15. The van der Waals surface area contributed by atoms with E-state index in [2.05, 4.69) is 58.6 Å². The van der Waals surface area contributed by atoms with E-state index >= 15 is 0 Å². The lowest BCUT2D eigenvalue weighted by molar-refractivity contribution is -0.192. The van der Waals surface area contributed by atoms with Crippen molar-refractivity contribution in [1.29, 1.82) is 10.5 Å². The molecule has 10 heteroatoms. The topological polar surface area (TPSA) is 126 Å². The Morgan fingerprint density at radius 2 is 1.90 bits per heavy atom. The second-order valence-corrected chi connectivity index (χ2v) is 9.78. The maximum atomic E-state index is 10.6. The number of nitriles is 2. The van der Waals surface area contributed by atoms with Gasteiger partial charge >= 0.3 is 12.1 Å². The molecule has 3 atom stereocenters. The predicted octanol–water partition coefficient (Wildman–Crippen LogP) is 5.30. The number of nitrogens with one attached hydrogen (secondary N) is 2. The summed E-state index contributed by atoms with van der Waals surface area (Å²) in [6.07, 6.45) is 1.93. The minimum Gasteiger partial charge on any atom is -0.475 e. The summed E-state index contributed by atoms with van der Waals surface area (Å²) in [5, 5.41) is 30.2. The molecule has 0 radical (unpaired) electrons. The van der Waals surface area contributed by atoms with E-state index < -0.39 is 12.1 Å². The summed E-state index contributed by atoms with van der Waals surface area (Å²) >= 11 is 0. The molecular weight excluding hydrogens is 507 g/mol. The third kappa shape index (κ3) is 7.92. The first kappa shape index (κ1) is 29.4. The van der Waals surface area contributed by atoms with E-state index in [4.69, 9.17) is 15.2 Å². The van der Waals surface area contributed by atoms with Crippen LogP contribution in [-0.4, -0.2) is 40.3 Å². The van der Waals surface area contributed by atoms with Gasteiger partial charge < -0.3 is 15.4 Å². The first-order valence-electron chi connectivity index (χ1n) is 12.5. The molecule has 204 valence electrons. The molecule has 1 saturated heterocycles. The first-order chi connectivity index (χ1) is 18.6. The zero-order valence-corrected chi connectivity index (χ0v) is 21.5. The number of carboxylic acid groups (broad SMARTS) is 1. The predicted molar refractivity (Wildman–Crippen MR) is 138 cm³/mol. The van der Waals surface area contributed by atoms with Crippen LogP contribution in [0.25, 0.3) is 0 Å². The summed E-state index contributed by atoms with van der Waals surface area (Å²) < 4.78 is 31.7. The number of hydrogen-bond acceptors (Lipinski definition) is 5. The van der Waals surface area contributed by atoms with Crippen molar-refractivity contribution in [2.45, 2.75) is 44.7 Å². The summed E-state index contributed by atoms with van der Waals surface area (Å²) in [5.74, 6) is -2.31. The van der Waals surface area contributed by atoms with Crippen LogP contribution in [0.5, 0.6) is 0 Å². The van der Waals surface area contributed by atoms with Crippen LogP contribution in [0.3, 0.4) is 0 Å². The number of halogens is 3. The van der Waals surface area contributed by atoms with Gasteiger partial charge in [0, 0.05) is 17.8 Å². The van der Waals surface area contributed by atoms with E-state index in [0.717, 1.165) is 44.5 Å². The highest BCUT2D eigenvalue weighted by molar-refractivity contribution is 5.73. The van der Waals surface area contributed by atoms with Crippen molar-refractivity contribution in [2.75, 3.05) is 13.1 Å². The second kappa shape index (κ2) is 13.1. The van der Waals surface area contributed by atoms with Crippen LogP contribution in [0.1, 0.15) is 46.7 Å². The standard InChI is InChI=1S/C27H29N5.C2HF3O2/c1-20-4-2-3-5-23(20)14-27(18-29)10-11-30-16-25(27)13-24(26-17-31-19-32-26)12-21-6-8-22(15-28)9-7-21;3-2(4,5)1(6)7/h2-9,17,19,24-25,30H,10-14,16H2,1H3,(H,31,32);(H,6,7). The minimum atomic E-state index is -5.08. The van der Waals surface area contributed by atoms with Gasteiger partial charge in [0.05, 0.1) is 29.4 Å². The van der Waals surface area contributed by atoms with Gasteiger partial charge in [0.1, 0.15) is 0 Å². The lowest BCUT2D eigenvalue weighted by Gasteiger charge is -2.41. The average Bonchev–Trinajstić information content (AvgIpc) is 3.46. The van der Waals surface area contributed by atoms with E-state index in [9.17, 15) is 18.4 Å². The number of benzene rings is 2. The van der Waals surface area contributed by atoms with Gasteiger partial charge in [0.25, 0.3) is 0 Å². The monoisotopic (exact) mass is 537 g/mol. The highest BCUT2D eigenvalue weighted by atomic mass is 19.4. The van der Waals surface area contributed by atoms with Crippen LogP contribution >= 0.6 is 0 Å². The molecule has 4 rings (SSSR count). The molecule has 39 heavy (non-hydrogen) atoms. The molecule has 1 aliphatic heterocycles. The number of aryl methyl sites for hydroxylation is 1. The fourth-order valence-electron chi connectivity index (χ4n) is 5.02. The fourth-order valence-corrected chi connectivity index (χ4v) is 5.02. The van der Waals surface area contributed by atoms with Gasteiger partial charge in [-0.05, 0) is 80.4 Å². The van der Waals surface area contributed by atoms with Crippen LogP contribution in [-0.2, 0) is 17.6 Å². The van der Waals surface area contributed by atoms with Crippen molar-refractivity contribution < 1.29 is 23.1 Å². The van der Waals surface area contributed by atoms with Gasteiger partial charge in [-0.25, -0.2) is 9.78 Å². The smallest absolute Gasteiger partial charge is 0.475 e. The van der Waals surface area contributed by atoms with Gasteiger partial charge in [-0.15, -0.1) is 0 Å². The van der Waals surface area contributed by atoms with Crippen LogP contribution in [0.2, 0.25) is 0 Å². The van der Waals surface area contributed by atoms with E-state index in [1.807, 2.05) is 30.5 Å². The zero-order chi connectivity index (χ0) is 28.5. The Morgan fingerprint density at radius 3 is 2.46 bits per heavy atom. The number of H-pyrrole nitrogens is 1. The van der Waals surface area contributed by atoms with E-state index in [1.165, 1.54) is 16.7 Å². The molecule has 1 aromatic heterocycles. The van der Waals surface area contributed by atoms with Crippen LogP contribution in [0, 0.1) is 40.9 Å². The SMILES string of the molecule is Cc1ccccc1CC1(C#N)CCNCC1CC(Cc1ccc(C#N)cc1)c1cnc[nH]1.O=C(O)C(F)(F)F. The maximum absolute atomic E-state index is 10.6. The van der Waals surface area contributed by atoms with Gasteiger partial charge in [0.2, 0.25) is 0 Å². The van der Waals surface area contributed by atoms with Crippen molar-refractivity contribution >= 4 is 5.97 Å².